The van der Waals surface area contributed by atoms with Crippen LogP contribution in [-0.4, -0.2) is 62.3 Å². The molecule has 0 aromatic heterocycles. The largest absolute Gasteiger partial charge is 0.326 e. The van der Waals surface area contributed by atoms with Crippen LogP contribution in [0, 0.1) is 0 Å². The average Bonchev–Trinajstić information content (AvgIpc) is 2.64. The molecule has 0 saturated carbocycles. The van der Waals surface area contributed by atoms with Gasteiger partial charge in [0.15, 0.2) is 0 Å². The van der Waals surface area contributed by atoms with Crippen LogP contribution in [0.1, 0.15) is 103 Å². The van der Waals surface area contributed by atoms with E-state index in [1.165, 1.54) is 151 Å². The molecular weight excluding hydrogens is 316 g/mol. The van der Waals surface area contributed by atoms with Gasteiger partial charge in [-0.1, -0.05) is 38.5 Å². The maximum Gasteiger partial charge on any atom is 0.0784 e. The molecule has 0 N–H and O–H groups in total. The Morgan fingerprint density at radius 2 is 0.654 bits per heavy atom. The second-order valence-corrected chi connectivity index (χ2v) is 10.2. The Morgan fingerprint density at radius 1 is 0.385 bits per heavy atom. The van der Waals surface area contributed by atoms with E-state index in [0.29, 0.717) is 0 Å². The van der Waals surface area contributed by atoms with Crippen LogP contribution < -0.4 is 0 Å². The van der Waals surface area contributed by atoms with E-state index in [9.17, 15) is 0 Å². The number of hydrogen-bond acceptors (Lipinski definition) is 0. The first-order chi connectivity index (χ1) is 12.6. The third kappa shape index (κ3) is 9.22. The molecule has 0 aromatic carbocycles. The Labute approximate surface area is 165 Å². The van der Waals surface area contributed by atoms with Crippen LogP contribution in [0.25, 0.3) is 0 Å². The van der Waals surface area contributed by atoms with Crippen LogP contribution in [0.5, 0.6) is 0 Å². The summed E-state index contributed by atoms with van der Waals surface area (Å²) < 4.78 is 2.75. The van der Waals surface area contributed by atoms with E-state index in [4.69, 9.17) is 0 Å². The zero-order valence-corrected chi connectivity index (χ0v) is 18.5. The fourth-order valence-corrected chi connectivity index (χ4v) is 5.40. The Bertz CT molecular complexity index is 306. The van der Waals surface area contributed by atoms with Crippen molar-refractivity contribution in [1.82, 2.24) is 0 Å². The van der Waals surface area contributed by atoms with Gasteiger partial charge in [-0.05, 0) is 64.2 Å². The predicted octanol–water partition coefficient (Wildman–Crippen LogP) is 6.15. The van der Waals surface area contributed by atoms with Crippen molar-refractivity contribution in [3.05, 3.63) is 0 Å². The molecule has 0 unspecified atom stereocenters. The SMILES string of the molecule is C[N+]1(CCCCCCCCCCCC[N+]2(C)CCCCC2)CCCCC1. The van der Waals surface area contributed by atoms with E-state index in [1.54, 1.807) is 0 Å². The number of likely N-dealkylation sites (tertiary alicyclic amines) is 2. The number of quaternary nitrogens is 2. The third-order valence-corrected chi connectivity index (χ3v) is 7.44. The van der Waals surface area contributed by atoms with Crippen molar-refractivity contribution in [2.75, 3.05) is 53.4 Å². The van der Waals surface area contributed by atoms with Gasteiger partial charge in [-0.25, -0.2) is 0 Å². The Kier molecular flexibility index (Phi) is 10.6. The normalized spacial score (nSPS) is 22.4. The summed E-state index contributed by atoms with van der Waals surface area (Å²) in [6.45, 7) is 8.65. The summed E-state index contributed by atoms with van der Waals surface area (Å²) >= 11 is 0. The van der Waals surface area contributed by atoms with Crippen LogP contribution >= 0.6 is 0 Å². The van der Waals surface area contributed by atoms with E-state index >= 15 is 0 Å². The lowest BCUT2D eigenvalue weighted by Crippen LogP contribution is -2.48. The van der Waals surface area contributed by atoms with Gasteiger partial charge in [0.05, 0.1) is 53.4 Å². The quantitative estimate of drug-likeness (QED) is 0.271. The summed E-state index contributed by atoms with van der Waals surface area (Å²) in [5, 5.41) is 0. The Hall–Kier alpha value is -0.0800. The van der Waals surface area contributed by atoms with E-state index in [-0.39, 0.29) is 0 Å². The van der Waals surface area contributed by atoms with Gasteiger partial charge >= 0.3 is 0 Å². The molecule has 2 aliphatic rings. The topological polar surface area (TPSA) is 0 Å². The fourth-order valence-electron chi connectivity index (χ4n) is 5.40. The number of unbranched alkanes of at least 4 members (excludes halogenated alkanes) is 9. The van der Waals surface area contributed by atoms with Crippen LogP contribution in [0.4, 0.5) is 0 Å². The highest BCUT2D eigenvalue weighted by atomic mass is 15.3. The van der Waals surface area contributed by atoms with Gasteiger partial charge in [0.1, 0.15) is 0 Å². The summed E-state index contributed by atoms with van der Waals surface area (Å²) in [5.41, 5.74) is 0. The molecule has 2 fully saturated rings. The molecule has 0 aromatic rings. The van der Waals surface area contributed by atoms with Crippen molar-refractivity contribution in [3.8, 4) is 0 Å². The molecule has 0 spiro atoms. The standard InChI is InChI=1S/C24H50N2/c1-25(21-15-11-16-22-25)19-13-9-7-5-3-4-6-8-10-14-20-26(2)23-17-12-18-24-26/h3-24H2,1-2H3/q+2. The van der Waals surface area contributed by atoms with Crippen molar-refractivity contribution in [2.24, 2.45) is 0 Å². The molecule has 2 nitrogen and oxygen atoms in total. The third-order valence-electron chi connectivity index (χ3n) is 7.44. The van der Waals surface area contributed by atoms with Crippen LogP contribution in [0.3, 0.4) is 0 Å². The minimum atomic E-state index is 1.37. The van der Waals surface area contributed by atoms with Gasteiger partial charge in [0.2, 0.25) is 0 Å². The van der Waals surface area contributed by atoms with E-state index in [2.05, 4.69) is 14.1 Å². The number of rotatable bonds is 13. The van der Waals surface area contributed by atoms with Gasteiger partial charge < -0.3 is 8.97 Å². The molecule has 2 heterocycles. The number of hydrogen-bond donors (Lipinski definition) is 0. The van der Waals surface area contributed by atoms with E-state index < -0.39 is 0 Å². The van der Waals surface area contributed by atoms with Crippen molar-refractivity contribution in [2.45, 2.75) is 103 Å². The van der Waals surface area contributed by atoms with Crippen LogP contribution in [0.2, 0.25) is 0 Å². The molecule has 2 rings (SSSR count). The van der Waals surface area contributed by atoms with Gasteiger partial charge in [0, 0.05) is 0 Å². The van der Waals surface area contributed by atoms with E-state index in [0.717, 1.165) is 0 Å². The number of piperidine rings is 2. The number of nitrogens with zero attached hydrogens (tertiary/aromatic N) is 2. The van der Waals surface area contributed by atoms with Crippen molar-refractivity contribution >= 4 is 0 Å². The highest BCUT2D eigenvalue weighted by Gasteiger charge is 2.24. The molecule has 0 amide bonds. The molecule has 2 aliphatic heterocycles. The molecule has 0 bridgehead atoms. The molecule has 2 saturated heterocycles. The van der Waals surface area contributed by atoms with E-state index in [1.807, 2.05) is 0 Å². The molecule has 26 heavy (non-hydrogen) atoms. The Morgan fingerprint density at radius 3 is 0.962 bits per heavy atom. The summed E-state index contributed by atoms with van der Waals surface area (Å²) in [4.78, 5) is 0. The van der Waals surface area contributed by atoms with Crippen molar-refractivity contribution < 1.29 is 8.97 Å². The van der Waals surface area contributed by atoms with Gasteiger partial charge in [0.25, 0.3) is 0 Å². The van der Waals surface area contributed by atoms with Gasteiger partial charge in [-0.15, -0.1) is 0 Å². The lowest BCUT2D eigenvalue weighted by molar-refractivity contribution is -0.914. The molecule has 0 aliphatic carbocycles. The van der Waals surface area contributed by atoms with Gasteiger partial charge in [-0.3, -0.25) is 0 Å². The zero-order valence-electron chi connectivity index (χ0n) is 18.5. The van der Waals surface area contributed by atoms with Crippen LogP contribution in [0.15, 0.2) is 0 Å². The van der Waals surface area contributed by atoms with Gasteiger partial charge in [-0.2, -0.15) is 0 Å². The molecule has 0 atom stereocenters. The smallest absolute Gasteiger partial charge is 0.0784 e. The summed E-state index contributed by atoms with van der Waals surface area (Å²) in [5.74, 6) is 0. The lowest BCUT2D eigenvalue weighted by Gasteiger charge is -2.37. The van der Waals surface area contributed by atoms with Crippen LogP contribution in [-0.2, 0) is 0 Å². The first-order valence-corrected chi connectivity index (χ1v) is 12.3. The minimum Gasteiger partial charge on any atom is -0.326 e. The first-order valence-electron chi connectivity index (χ1n) is 12.3. The maximum atomic E-state index is 2.49. The molecule has 0 radical (unpaired) electrons. The Balaban J connectivity index is 1.32. The molecule has 2 heteroatoms. The second kappa shape index (κ2) is 12.4. The monoisotopic (exact) mass is 366 g/mol. The molecule has 154 valence electrons. The predicted molar refractivity (Wildman–Crippen MR) is 115 cm³/mol. The summed E-state index contributed by atoms with van der Waals surface area (Å²) in [6.07, 6.45) is 23.6. The fraction of sp³-hybridized carbons (Fsp3) is 1.00. The summed E-state index contributed by atoms with van der Waals surface area (Å²) in [6, 6.07) is 0. The minimum absolute atomic E-state index is 1.37. The highest BCUT2D eigenvalue weighted by Crippen LogP contribution is 2.19. The highest BCUT2D eigenvalue weighted by molar-refractivity contribution is 4.54. The lowest BCUT2D eigenvalue weighted by atomic mass is 10.0. The average molecular weight is 367 g/mol. The molecular formula is C24H50N2+2. The first kappa shape index (κ1) is 22.2. The zero-order chi connectivity index (χ0) is 18.6. The summed E-state index contributed by atoms with van der Waals surface area (Å²) in [7, 11) is 4.99. The maximum absolute atomic E-state index is 2.49. The van der Waals surface area contributed by atoms with Crippen molar-refractivity contribution in [3.63, 3.8) is 0 Å². The van der Waals surface area contributed by atoms with Crippen molar-refractivity contribution in [1.29, 1.82) is 0 Å². The second-order valence-electron chi connectivity index (χ2n) is 10.2.